The Bertz CT molecular complexity index is 918. The van der Waals surface area contributed by atoms with Crippen molar-refractivity contribution in [1.29, 1.82) is 0 Å². The summed E-state index contributed by atoms with van der Waals surface area (Å²) < 4.78 is 20.7. The van der Waals surface area contributed by atoms with E-state index < -0.39 is 17.7 Å². The lowest BCUT2D eigenvalue weighted by molar-refractivity contribution is -0.129. The van der Waals surface area contributed by atoms with Gasteiger partial charge in [0.2, 0.25) is 11.8 Å². The third-order valence-corrected chi connectivity index (χ3v) is 10.3. The van der Waals surface area contributed by atoms with Gasteiger partial charge in [-0.2, -0.15) is 0 Å². The molecule has 8 nitrogen and oxygen atoms in total. The van der Waals surface area contributed by atoms with Gasteiger partial charge >= 0.3 is 6.09 Å². The second-order valence-corrected chi connectivity index (χ2v) is 14.4. The highest BCUT2D eigenvalue weighted by Crippen LogP contribution is 2.51. The van der Waals surface area contributed by atoms with E-state index in [1.54, 1.807) is 4.90 Å². The Kier molecular flexibility index (Phi) is 9.27. The fourth-order valence-corrected chi connectivity index (χ4v) is 7.85. The molecule has 3 N–H and O–H groups in total. The average molecular weight is 563 g/mol. The second kappa shape index (κ2) is 12.5. The summed E-state index contributed by atoms with van der Waals surface area (Å²) in [6.45, 7) is 9.54. The number of carbonyl (C=O) groups is 3. The molecule has 3 saturated carbocycles. The van der Waals surface area contributed by atoms with E-state index in [0.717, 1.165) is 63.5 Å². The summed E-state index contributed by atoms with van der Waals surface area (Å²) in [5.41, 5.74) is -0.511. The Balaban J connectivity index is 0.986. The lowest BCUT2D eigenvalue weighted by Gasteiger charge is -2.39. The zero-order valence-corrected chi connectivity index (χ0v) is 24.8. The minimum absolute atomic E-state index is 0.0277. The SMILES string of the molecule is CC(C)(C)OC(=O)N1CCC(CNC(=O)C2CCC(C3CC3C(=O)NC3CCC4CNCCC4C3)CC2F)CC1. The van der Waals surface area contributed by atoms with Crippen molar-refractivity contribution >= 4 is 17.9 Å². The van der Waals surface area contributed by atoms with Crippen molar-refractivity contribution < 1.29 is 23.5 Å². The van der Waals surface area contributed by atoms with Gasteiger partial charge in [0.05, 0.1) is 5.92 Å². The average Bonchev–Trinajstić information content (AvgIpc) is 3.72. The predicted octanol–water partition coefficient (Wildman–Crippen LogP) is 4.03. The van der Waals surface area contributed by atoms with Crippen molar-refractivity contribution in [2.75, 3.05) is 32.7 Å². The van der Waals surface area contributed by atoms with Crippen LogP contribution in [-0.2, 0) is 14.3 Å². The van der Waals surface area contributed by atoms with Crippen LogP contribution in [0.1, 0.15) is 85.0 Å². The molecule has 2 heterocycles. The lowest BCUT2D eigenvalue weighted by Crippen LogP contribution is -2.46. The van der Waals surface area contributed by atoms with Gasteiger partial charge in [-0.1, -0.05) is 0 Å². The van der Waals surface area contributed by atoms with E-state index in [2.05, 4.69) is 16.0 Å². The quantitative estimate of drug-likeness (QED) is 0.454. The van der Waals surface area contributed by atoms with Gasteiger partial charge in [0.25, 0.3) is 0 Å². The number of hydrogen-bond donors (Lipinski definition) is 3. The molecule has 40 heavy (non-hydrogen) atoms. The van der Waals surface area contributed by atoms with Crippen LogP contribution < -0.4 is 16.0 Å². The van der Waals surface area contributed by atoms with Crippen LogP contribution in [0.2, 0.25) is 0 Å². The van der Waals surface area contributed by atoms with E-state index in [9.17, 15) is 14.4 Å². The Morgan fingerprint density at radius 1 is 0.875 bits per heavy atom. The molecule has 8 unspecified atom stereocenters. The van der Waals surface area contributed by atoms with Gasteiger partial charge in [-0.25, -0.2) is 9.18 Å². The molecule has 3 amide bonds. The van der Waals surface area contributed by atoms with E-state index in [-0.39, 0.29) is 41.6 Å². The summed E-state index contributed by atoms with van der Waals surface area (Å²) in [5.74, 6) is 1.68. The molecule has 226 valence electrons. The minimum Gasteiger partial charge on any atom is -0.444 e. The molecule has 0 aromatic rings. The van der Waals surface area contributed by atoms with Crippen molar-refractivity contribution in [1.82, 2.24) is 20.9 Å². The van der Waals surface area contributed by atoms with Gasteiger partial charge in [-0.05, 0) is 128 Å². The van der Waals surface area contributed by atoms with E-state index in [0.29, 0.717) is 38.5 Å². The third-order valence-electron chi connectivity index (χ3n) is 10.3. The molecule has 0 spiro atoms. The van der Waals surface area contributed by atoms with Crippen LogP contribution in [0.4, 0.5) is 9.18 Å². The second-order valence-electron chi connectivity index (χ2n) is 14.4. The zero-order chi connectivity index (χ0) is 28.4. The number of fused-ring (bicyclic) bond motifs is 1. The van der Waals surface area contributed by atoms with Gasteiger partial charge in [0, 0.05) is 31.6 Å². The molecule has 2 aliphatic heterocycles. The summed E-state index contributed by atoms with van der Waals surface area (Å²) in [5, 5.41) is 9.84. The maximum atomic E-state index is 15.2. The summed E-state index contributed by atoms with van der Waals surface area (Å²) in [7, 11) is 0. The molecule has 0 aromatic heterocycles. The number of ether oxygens (including phenoxy) is 1. The van der Waals surface area contributed by atoms with Gasteiger partial charge in [-0.15, -0.1) is 0 Å². The standard InChI is InChI=1S/C31H51FN4O4/c1-31(2,3)40-30(39)36-12-9-19(10-13-36)17-34-28(37)24-7-5-21(15-27(24)32)25-16-26(25)29(38)35-23-6-4-22-18-33-11-8-20(22)14-23/h19-27,33H,4-18H2,1-3H3,(H,34,37)(H,35,38). The summed E-state index contributed by atoms with van der Waals surface area (Å²) in [4.78, 5) is 39.8. The van der Waals surface area contributed by atoms with Crippen molar-refractivity contribution in [3.05, 3.63) is 0 Å². The Labute approximate surface area is 239 Å². The van der Waals surface area contributed by atoms with E-state index >= 15 is 4.39 Å². The number of nitrogens with one attached hydrogen (secondary N) is 3. The lowest BCUT2D eigenvalue weighted by atomic mass is 9.73. The van der Waals surface area contributed by atoms with Gasteiger partial charge in [-0.3, -0.25) is 9.59 Å². The topological polar surface area (TPSA) is 99.8 Å². The highest BCUT2D eigenvalue weighted by molar-refractivity contribution is 5.82. The molecule has 5 fully saturated rings. The van der Waals surface area contributed by atoms with Crippen molar-refractivity contribution in [2.24, 2.45) is 41.4 Å². The number of carbonyl (C=O) groups excluding carboxylic acids is 3. The van der Waals surface area contributed by atoms with Crippen LogP contribution in [0.5, 0.6) is 0 Å². The van der Waals surface area contributed by atoms with E-state index in [1.807, 2.05) is 20.8 Å². The minimum atomic E-state index is -1.15. The molecule has 2 saturated heterocycles. The number of rotatable bonds is 6. The van der Waals surface area contributed by atoms with Crippen LogP contribution in [0.25, 0.3) is 0 Å². The Morgan fingerprint density at radius 3 is 2.35 bits per heavy atom. The van der Waals surface area contributed by atoms with Gasteiger partial charge < -0.3 is 25.6 Å². The molecule has 9 heteroatoms. The van der Waals surface area contributed by atoms with Crippen LogP contribution in [0.3, 0.4) is 0 Å². The molecule has 5 aliphatic rings. The summed E-state index contributed by atoms with van der Waals surface area (Å²) >= 11 is 0. The van der Waals surface area contributed by atoms with Crippen LogP contribution in [-0.4, -0.2) is 73.3 Å². The van der Waals surface area contributed by atoms with E-state index in [4.69, 9.17) is 4.74 Å². The number of amides is 3. The number of alkyl halides is 1. The summed E-state index contributed by atoms with van der Waals surface area (Å²) in [6, 6.07) is 0.297. The smallest absolute Gasteiger partial charge is 0.410 e. The summed E-state index contributed by atoms with van der Waals surface area (Å²) in [6.07, 6.45) is 7.38. The number of piperidine rings is 2. The van der Waals surface area contributed by atoms with Crippen molar-refractivity contribution in [3.8, 4) is 0 Å². The van der Waals surface area contributed by atoms with Crippen LogP contribution in [0, 0.1) is 41.4 Å². The Hall–Kier alpha value is -1.90. The van der Waals surface area contributed by atoms with Crippen LogP contribution in [0.15, 0.2) is 0 Å². The molecule has 0 bridgehead atoms. The highest BCUT2D eigenvalue weighted by Gasteiger charge is 2.51. The molecular formula is C31H51FN4O4. The largest absolute Gasteiger partial charge is 0.444 e. The van der Waals surface area contributed by atoms with Gasteiger partial charge in [0.15, 0.2) is 0 Å². The Morgan fingerprint density at radius 2 is 1.62 bits per heavy atom. The number of hydrogen-bond acceptors (Lipinski definition) is 5. The van der Waals surface area contributed by atoms with E-state index in [1.165, 1.54) is 12.8 Å². The molecule has 0 radical (unpaired) electrons. The molecule has 5 rings (SSSR count). The molecule has 0 aromatic carbocycles. The zero-order valence-electron chi connectivity index (χ0n) is 24.8. The van der Waals surface area contributed by atoms with Crippen LogP contribution >= 0.6 is 0 Å². The monoisotopic (exact) mass is 562 g/mol. The third kappa shape index (κ3) is 7.48. The number of nitrogens with zero attached hydrogens (tertiary/aromatic N) is 1. The molecular weight excluding hydrogens is 511 g/mol. The van der Waals surface area contributed by atoms with Crippen molar-refractivity contribution in [2.45, 2.75) is 103 Å². The fourth-order valence-electron chi connectivity index (χ4n) is 7.85. The maximum Gasteiger partial charge on any atom is 0.410 e. The fraction of sp³-hybridized carbons (Fsp3) is 0.903. The normalized spacial score (nSPS) is 36.8. The molecule has 8 atom stereocenters. The first-order chi connectivity index (χ1) is 19.1. The highest BCUT2D eigenvalue weighted by atomic mass is 19.1. The van der Waals surface area contributed by atoms with Crippen molar-refractivity contribution in [3.63, 3.8) is 0 Å². The maximum absolute atomic E-state index is 15.2. The van der Waals surface area contributed by atoms with Gasteiger partial charge in [0.1, 0.15) is 11.8 Å². The first-order valence-corrected chi connectivity index (χ1v) is 16.0. The number of likely N-dealkylation sites (tertiary alicyclic amines) is 1. The first-order valence-electron chi connectivity index (χ1n) is 16.0. The number of halogens is 1. The first kappa shape index (κ1) is 29.6. The predicted molar refractivity (Wildman–Crippen MR) is 151 cm³/mol. The molecule has 3 aliphatic carbocycles.